The first-order valence-electron chi connectivity index (χ1n) is 5.82. The van der Waals surface area contributed by atoms with Crippen molar-refractivity contribution in [1.82, 2.24) is 9.97 Å². The third kappa shape index (κ3) is 3.04. The molecule has 19 heavy (non-hydrogen) atoms. The van der Waals surface area contributed by atoms with Crippen LogP contribution in [0.1, 0.15) is 31.2 Å². The van der Waals surface area contributed by atoms with Crippen molar-refractivity contribution in [2.24, 2.45) is 0 Å². The Morgan fingerprint density at radius 3 is 2.68 bits per heavy atom. The highest BCUT2D eigenvalue weighted by atomic mass is 32.1. The molecule has 2 rings (SSSR count). The molecule has 0 atom stereocenters. The van der Waals surface area contributed by atoms with Crippen molar-refractivity contribution in [2.45, 2.75) is 19.8 Å². The van der Waals surface area contributed by atoms with E-state index in [-0.39, 0.29) is 11.5 Å². The normalized spacial score (nSPS) is 10.5. The van der Waals surface area contributed by atoms with E-state index in [1.54, 1.807) is 12.1 Å². The van der Waals surface area contributed by atoms with Crippen molar-refractivity contribution >= 4 is 12.2 Å². The van der Waals surface area contributed by atoms with E-state index in [1.807, 2.05) is 19.9 Å². The zero-order valence-corrected chi connectivity index (χ0v) is 11.4. The molecule has 1 N–H and O–H groups in total. The number of benzene rings is 1. The van der Waals surface area contributed by atoms with Gasteiger partial charge in [-0.05, 0) is 24.3 Å². The summed E-state index contributed by atoms with van der Waals surface area (Å²) in [5, 5.41) is 8.87. The minimum atomic E-state index is -0.448. The predicted octanol–water partition coefficient (Wildman–Crippen LogP) is 3.94. The summed E-state index contributed by atoms with van der Waals surface area (Å²) in [4.78, 5) is 7.35. The average molecular weight is 273 g/mol. The van der Waals surface area contributed by atoms with Crippen LogP contribution in [0.3, 0.4) is 0 Å². The lowest BCUT2D eigenvalue weighted by molar-refractivity contribution is 0.627. The highest BCUT2D eigenvalue weighted by Gasteiger charge is 2.07. The van der Waals surface area contributed by atoms with Gasteiger partial charge in [0.15, 0.2) is 0 Å². The van der Waals surface area contributed by atoms with Gasteiger partial charge in [-0.1, -0.05) is 26.1 Å². The Hall–Kier alpha value is -2.06. The maximum atomic E-state index is 13.5. The molecule has 0 saturated carbocycles. The average Bonchev–Trinajstić information content (AvgIpc) is 2.37. The van der Waals surface area contributed by atoms with E-state index >= 15 is 0 Å². The van der Waals surface area contributed by atoms with Gasteiger partial charge in [-0.15, -0.1) is 0 Å². The van der Waals surface area contributed by atoms with Crippen molar-refractivity contribution in [3.8, 4) is 17.3 Å². The number of rotatable bonds is 2. The molecule has 3 nitrogen and oxygen atoms in total. The number of hydrogen-bond acceptors (Lipinski definition) is 3. The van der Waals surface area contributed by atoms with Crippen LogP contribution in [0, 0.1) is 21.8 Å². The van der Waals surface area contributed by atoms with Crippen LogP contribution in [0.4, 0.5) is 4.39 Å². The first-order chi connectivity index (χ1) is 8.99. The lowest BCUT2D eigenvalue weighted by Gasteiger charge is -2.09. The fourth-order valence-corrected chi connectivity index (χ4v) is 1.93. The zero-order chi connectivity index (χ0) is 14.0. The van der Waals surface area contributed by atoms with Crippen molar-refractivity contribution in [3.63, 3.8) is 0 Å². The fraction of sp³-hybridized carbons (Fsp3) is 0.214. The van der Waals surface area contributed by atoms with Gasteiger partial charge in [0, 0.05) is 17.2 Å². The second kappa shape index (κ2) is 5.29. The van der Waals surface area contributed by atoms with Gasteiger partial charge in [0.2, 0.25) is 0 Å². The van der Waals surface area contributed by atoms with Crippen LogP contribution in [0.2, 0.25) is 0 Å². The van der Waals surface area contributed by atoms with E-state index in [1.165, 1.54) is 12.1 Å². The highest BCUT2D eigenvalue weighted by Crippen LogP contribution is 2.21. The summed E-state index contributed by atoms with van der Waals surface area (Å²) in [5.74, 6) is 0.479. The molecule has 0 fully saturated rings. The summed E-state index contributed by atoms with van der Waals surface area (Å²) in [6.07, 6.45) is 0. The van der Waals surface area contributed by atoms with Crippen LogP contribution in [-0.2, 0) is 0 Å². The Bertz CT molecular complexity index is 713. The Labute approximate surface area is 115 Å². The Morgan fingerprint density at radius 1 is 1.32 bits per heavy atom. The maximum Gasteiger partial charge on any atom is 0.130 e. The highest BCUT2D eigenvalue weighted by molar-refractivity contribution is 7.71. The predicted molar refractivity (Wildman–Crippen MR) is 73.6 cm³/mol. The van der Waals surface area contributed by atoms with E-state index in [4.69, 9.17) is 17.5 Å². The largest absolute Gasteiger partial charge is 0.343 e. The SMILES string of the molecule is CC(C)c1nc(=S)cc(-c2cc(F)cc(C#N)c2)[nH]1. The topological polar surface area (TPSA) is 52.5 Å². The second-order valence-electron chi connectivity index (χ2n) is 4.51. The van der Waals surface area contributed by atoms with Crippen LogP contribution in [-0.4, -0.2) is 9.97 Å². The number of aromatic amines is 1. The first-order valence-corrected chi connectivity index (χ1v) is 6.22. The number of nitrogens with zero attached hydrogens (tertiary/aromatic N) is 2. The van der Waals surface area contributed by atoms with Crippen LogP contribution >= 0.6 is 12.2 Å². The minimum Gasteiger partial charge on any atom is -0.343 e. The van der Waals surface area contributed by atoms with Crippen LogP contribution in [0.15, 0.2) is 24.3 Å². The molecule has 0 amide bonds. The van der Waals surface area contributed by atoms with Gasteiger partial charge in [0.05, 0.1) is 11.6 Å². The lowest BCUT2D eigenvalue weighted by atomic mass is 10.1. The number of halogens is 1. The van der Waals surface area contributed by atoms with Crippen molar-refractivity contribution in [1.29, 1.82) is 5.26 Å². The van der Waals surface area contributed by atoms with Crippen molar-refractivity contribution < 1.29 is 4.39 Å². The third-order valence-electron chi connectivity index (χ3n) is 2.65. The Balaban J connectivity index is 2.62. The third-order valence-corrected chi connectivity index (χ3v) is 2.86. The Morgan fingerprint density at radius 2 is 2.05 bits per heavy atom. The first kappa shape index (κ1) is 13.4. The van der Waals surface area contributed by atoms with E-state index in [0.717, 1.165) is 5.82 Å². The molecular weight excluding hydrogens is 261 g/mol. The molecule has 0 unspecified atom stereocenters. The van der Waals surface area contributed by atoms with Crippen LogP contribution in [0.5, 0.6) is 0 Å². The fourth-order valence-electron chi connectivity index (χ4n) is 1.72. The quantitative estimate of drug-likeness (QED) is 0.843. The van der Waals surface area contributed by atoms with Gasteiger partial charge < -0.3 is 4.98 Å². The number of aromatic nitrogens is 2. The van der Waals surface area contributed by atoms with E-state index in [9.17, 15) is 4.39 Å². The molecule has 0 saturated heterocycles. The van der Waals surface area contributed by atoms with E-state index < -0.39 is 5.82 Å². The minimum absolute atomic E-state index is 0.186. The molecule has 96 valence electrons. The van der Waals surface area contributed by atoms with Gasteiger partial charge in [0.1, 0.15) is 16.3 Å². The molecular formula is C14H12FN3S. The van der Waals surface area contributed by atoms with E-state index in [2.05, 4.69) is 9.97 Å². The maximum absolute atomic E-state index is 13.5. The number of nitriles is 1. The molecule has 1 heterocycles. The van der Waals surface area contributed by atoms with E-state index in [0.29, 0.717) is 15.9 Å². The van der Waals surface area contributed by atoms with Crippen molar-refractivity contribution in [3.05, 3.63) is 46.1 Å². The smallest absolute Gasteiger partial charge is 0.130 e. The van der Waals surface area contributed by atoms with Gasteiger partial charge in [-0.25, -0.2) is 9.37 Å². The molecule has 0 bridgehead atoms. The number of H-pyrrole nitrogens is 1. The van der Waals surface area contributed by atoms with Crippen molar-refractivity contribution in [2.75, 3.05) is 0 Å². The summed E-state index contributed by atoms with van der Waals surface area (Å²) in [5.41, 5.74) is 1.53. The summed E-state index contributed by atoms with van der Waals surface area (Å²) < 4.78 is 13.9. The molecule has 5 heteroatoms. The van der Waals surface area contributed by atoms with Crippen LogP contribution < -0.4 is 0 Å². The summed E-state index contributed by atoms with van der Waals surface area (Å²) in [7, 11) is 0. The molecule has 0 aliphatic rings. The summed E-state index contributed by atoms with van der Waals surface area (Å²) in [6.45, 7) is 3.98. The lowest BCUT2D eigenvalue weighted by Crippen LogP contribution is -1.99. The molecule has 1 aromatic heterocycles. The molecule has 0 aliphatic heterocycles. The zero-order valence-electron chi connectivity index (χ0n) is 10.6. The second-order valence-corrected chi connectivity index (χ2v) is 4.93. The van der Waals surface area contributed by atoms with Gasteiger partial charge >= 0.3 is 0 Å². The van der Waals surface area contributed by atoms with Gasteiger partial charge in [-0.2, -0.15) is 5.26 Å². The molecule has 0 radical (unpaired) electrons. The molecule has 0 spiro atoms. The van der Waals surface area contributed by atoms with Gasteiger partial charge in [-0.3, -0.25) is 0 Å². The number of hydrogen-bond donors (Lipinski definition) is 1. The standard InChI is InChI=1S/C14H12FN3S/c1-8(2)14-17-12(6-13(19)18-14)10-3-9(7-16)4-11(15)5-10/h3-6,8H,1-2H3,(H,17,18,19). The molecule has 1 aromatic carbocycles. The van der Waals surface area contributed by atoms with Gasteiger partial charge in [0.25, 0.3) is 0 Å². The Kier molecular flexibility index (Phi) is 3.72. The summed E-state index contributed by atoms with van der Waals surface area (Å²) >= 11 is 5.11. The summed E-state index contributed by atoms with van der Waals surface area (Å²) in [6, 6.07) is 7.78. The number of nitrogens with one attached hydrogen (secondary N) is 1. The molecule has 2 aromatic rings. The monoisotopic (exact) mass is 273 g/mol. The van der Waals surface area contributed by atoms with Crippen LogP contribution in [0.25, 0.3) is 11.3 Å². The molecule has 0 aliphatic carbocycles.